The van der Waals surface area contributed by atoms with Crippen LogP contribution in [0.1, 0.15) is 23.8 Å². The van der Waals surface area contributed by atoms with Crippen molar-refractivity contribution < 1.29 is 4.42 Å². The Morgan fingerprint density at radius 2 is 2.00 bits per heavy atom. The van der Waals surface area contributed by atoms with Crippen molar-refractivity contribution in [1.29, 1.82) is 0 Å². The normalized spacial score (nSPS) is 21.5. The molecule has 1 fully saturated rings. The molecule has 0 bridgehead atoms. The molecule has 3 heterocycles. The second kappa shape index (κ2) is 6.89. The zero-order chi connectivity index (χ0) is 17.2. The van der Waals surface area contributed by atoms with E-state index < -0.39 is 0 Å². The molecule has 1 aliphatic rings. The van der Waals surface area contributed by atoms with Gasteiger partial charge in [0.15, 0.2) is 11.6 Å². The number of nitrogens with zero attached hydrogens (tertiary/aromatic N) is 3. The molecule has 130 valence electrons. The fourth-order valence-corrected chi connectivity index (χ4v) is 4.01. The van der Waals surface area contributed by atoms with E-state index in [1.807, 2.05) is 25.3 Å². The first-order chi connectivity index (χ1) is 12.2. The van der Waals surface area contributed by atoms with E-state index in [1.165, 1.54) is 5.56 Å². The summed E-state index contributed by atoms with van der Waals surface area (Å²) in [6, 6.07) is 15.3. The van der Waals surface area contributed by atoms with E-state index in [9.17, 15) is 0 Å². The minimum absolute atomic E-state index is 0.444. The van der Waals surface area contributed by atoms with Gasteiger partial charge in [0.05, 0.1) is 0 Å². The van der Waals surface area contributed by atoms with Gasteiger partial charge in [0, 0.05) is 25.0 Å². The number of benzene rings is 1. The Hall–Kier alpha value is -2.33. The molecule has 1 aliphatic heterocycles. The molecule has 0 radical (unpaired) electrons. The van der Waals surface area contributed by atoms with Gasteiger partial charge in [-0.05, 0) is 57.0 Å². The molecular weight excluding hydrogens is 310 g/mol. The Kier molecular flexibility index (Phi) is 4.45. The lowest BCUT2D eigenvalue weighted by atomic mass is 9.86. The summed E-state index contributed by atoms with van der Waals surface area (Å²) >= 11 is 0. The molecule has 2 atom stereocenters. The average Bonchev–Trinajstić information content (AvgIpc) is 3.25. The van der Waals surface area contributed by atoms with Crippen molar-refractivity contribution in [2.45, 2.75) is 25.8 Å². The first-order valence-corrected chi connectivity index (χ1v) is 9.03. The van der Waals surface area contributed by atoms with Gasteiger partial charge in [-0.25, -0.2) is 4.98 Å². The Morgan fingerprint density at radius 1 is 1.16 bits per heavy atom. The molecule has 0 N–H and O–H groups in total. The molecule has 0 spiro atoms. The number of aryl methyl sites for hydroxylation is 1. The van der Waals surface area contributed by atoms with E-state index in [0.717, 1.165) is 43.3 Å². The summed E-state index contributed by atoms with van der Waals surface area (Å²) in [5.41, 5.74) is 1.41. The SMILES string of the molecule is Cc1ccc(-c2nccn2[C@H]2CCN(C)C[C@H]2Cc2ccccc2)o1. The van der Waals surface area contributed by atoms with Gasteiger partial charge >= 0.3 is 0 Å². The number of aromatic nitrogens is 2. The third-order valence-electron chi connectivity index (χ3n) is 5.22. The summed E-state index contributed by atoms with van der Waals surface area (Å²) < 4.78 is 8.17. The van der Waals surface area contributed by atoms with Crippen LogP contribution in [-0.2, 0) is 6.42 Å². The smallest absolute Gasteiger partial charge is 0.176 e. The first-order valence-electron chi connectivity index (χ1n) is 9.03. The van der Waals surface area contributed by atoms with Crippen LogP contribution in [0.2, 0.25) is 0 Å². The largest absolute Gasteiger partial charge is 0.458 e. The number of rotatable bonds is 4. The summed E-state index contributed by atoms with van der Waals surface area (Å²) in [7, 11) is 2.22. The molecule has 4 heteroatoms. The van der Waals surface area contributed by atoms with E-state index in [0.29, 0.717) is 12.0 Å². The average molecular weight is 335 g/mol. The molecule has 0 amide bonds. The quantitative estimate of drug-likeness (QED) is 0.717. The van der Waals surface area contributed by atoms with Gasteiger partial charge in [-0.3, -0.25) is 0 Å². The van der Waals surface area contributed by atoms with Gasteiger partial charge in [0.25, 0.3) is 0 Å². The van der Waals surface area contributed by atoms with Crippen molar-refractivity contribution in [3.05, 3.63) is 66.2 Å². The molecule has 1 saturated heterocycles. The lowest BCUT2D eigenvalue weighted by Crippen LogP contribution is -2.40. The summed E-state index contributed by atoms with van der Waals surface area (Å²) in [6.07, 6.45) is 6.23. The highest BCUT2D eigenvalue weighted by atomic mass is 16.3. The van der Waals surface area contributed by atoms with Gasteiger partial charge < -0.3 is 13.9 Å². The number of furan rings is 1. The maximum Gasteiger partial charge on any atom is 0.176 e. The lowest BCUT2D eigenvalue weighted by Gasteiger charge is -2.38. The van der Waals surface area contributed by atoms with Gasteiger partial charge in [-0.15, -0.1) is 0 Å². The maximum absolute atomic E-state index is 5.84. The third-order valence-corrected chi connectivity index (χ3v) is 5.22. The Bertz CT molecular complexity index is 821. The van der Waals surface area contributed by atoms with Crippen LogP contribution >= 0.6 is 0 Å². The first kappa shape index (κ1) is 16.2. The molecule has 0 saturated carbocycles. The zero-order valence-corrected chi connectivity index (χ0v) is 14.9. The van der Waals surface area contributed by atoms with Crippen molar-refractivity contribution in [2.24, 2.45) is 5.92 Å². The lowest BCUT2D eigenvalue weighted by molar-refractivity contribution is 0.147. The van der Waals surface area contributed by atoms with Crippen LogP contribution in [0.25, 0.3) is 11.6 Å². The number of imidazole rings is 1. The highest BCUT2D eigenvalue weighted by Gasteiger charge is 2.31. The van der Waals surface area contributed by atoms with Gasteiger partial charge in [0.2, 0.25) is 0 Å². The number of hydrogen-bond acceptors (Lipinski definition) is 3. The van der Waals surface area contributed by atoms with Crippen LogP contribution in [0, 0.1) is 12.8 Å². The van der Waals surface area contributed by atoms with Crippen molar-refractivity contribution in [3.8, 4) is 11.6 Å². The van der Waals surface area contributed by atoms with E-state index in [1.54, 1.807) is 0 Å². The summed E-state index contributed by atoms with van der Waals surface area (Å²) in [4.78, 5) is 7.03. The highest BCUT2D eigenvalue weighted by Crippen LogP contribution is 2.34. The summed E-state index contributed by atoms with van der Waals surface area (Å²) in [6.45, 7) is 4.20. The molecule has 0 unspecified atom stereocenters. The van der Waals surface area contributed by atoms with Crippen LogP contribution in [-0.4, -0.2) is 34.6 Å². The molecular formula is C21H25N3O. The number of likely N-dealkylation sites (tertiary alicyclic amines) is 1. The van der Waals surface area contributed by atoms with E-state index in [4.69, 9.17) is 4.42 Å². The summed E-state index contributed by atoms with van der Waals surface area (Å²) in [5, 5.41) is 0. The van der Waals surface area contributed by atoms with Crippen LogP contribution in [0.5, 0.6) is 0 Å². The predicted molar refractivity (Wildman–Crippen MR) is 99.5 cm³/mol. The van der Waals surface area contributed by atoms with Crippen LogP contribution in [0.3, 0.4) is 0 Å². The molecule has 1 aromatic carbocycles. The van der Waals surface area contributed by atoms with E-state index >= 15 is 0 Å². The second-order valence-corrected chi connectivity index (χ2v) is 7.14. The van der Waals surface area contributed by atoms with Crippen LogP contribution in [0.4, 0.5) is 0 Å². The Labute approximate surface area is 149 Å². The maximum atomic E-state index is 5.84. The van der Waals surface area contributed by atoms with Crippen LogP contribution < -0.4 is 0 Å². The molecule has 4 nitrogen and oxygen atoms in total. The molecule has 3 aromatic rings. The molecule has 4 rings (SSSR count). The Balaban J connectivity index is 1.64. The summed E-state index contributed by atoms with van der Waals surface area (Å²) in [5.74, 6) is 3.29. The fraction of sp³-hybridized carbons (Fsp3) is 0.381. The fourth-order valence-electron chi connectivity index (χ4n) is 4.01. The van der Waals surface area contributed by atoms with Crippen molar-refractivity contribution >= 4 is 0 Å². The van der Waals surface area contributed by atoms with Crippen LogP contribution in [0.15, 0.2) is 59.3 Å². The minimum atomic E-state index is 0.444. The topological polar surface area (TPSA) is 34.2 Å². The van der Waals surface area contributed by atoms with Gasteiger partial charge in [-0.2, -0.15) is 0 Å². The molecule has 2 aromatic heterocycles. The third kappa shape index (κ3) is 3.40. The second-order valence-electron chi connectivity index (χ2n) is 7.14. The van der Waals surface area contributed by atoms with Gasteiger partial charge in [0.1, 0.15) is 5.76 Å². The highest BCUT2D eigenvalue weighted by molar-refractivity contribution is 5.48. The van der Waals surface area contributed by atoms with Crippen molar-refractivity contribution in [3.63, 3.8) is 0 Å². The number of piperidine rings is 1. The number of hydrogen-bond donors (Lipinski definition) is 0. The van der Waals surface area contributed by atoms with Crippen molar-refractivity contribution in [2.75, 3.05) is 20.1 Å². The minimum Gasteiger partial charge on any atom is -0.458 e. The van der Waals surface area contributed by atoms with Gasteiger partial charge in [-0.1, -0.05) is 30.3 Å². The predicted octanol–water partition coefficient (Wildman–Crippen LogP) is 4.19. The standard InChI is InChI=1S/C21H25N3O/c1-16-8-9-20(25-16)21-22-11-13-24(21)19-10-12-23(2)15-18(19)14-17-6-4-3-5-7-17/h3-9,11,13,18-19H,10,12,14-15H2,1-2H3/t18-,19+/m1/s1. The Morgan fingerprint density at radius 3 is 2.76 bits per heavy atom. The molecule has 25 heavy (non-hydrogen) atoms. The monoisotopic (exact) mass is 335 g/mol. The molecule has 0 aliphatic carbocycles. The van der Waals surface area contributed by atoms with E-state index in [2.05, 4.69) is 58.0 Å². The zero-order valence-electron chi connectivity index (χ0n) is 14.9. The van der Waals surface area contributed by atoms with Crippen molar-refractivity contribution in [1.82, 2.24) is 14.5 Å². The van der Waals surface area contributed by atoms with E-state index in [-0.39, 0.29) is 0 Å².